The summed E-state index contributed by atoms with van der Waals surface area (Å²) >= 11 is 6.53. The number of benzene rings is 1. The van der Waals surface area contributed by atoms with Gasteiger partial charge in [-0.05, 0) is 43.5 Å². The van der Waals surface area contributed by atoms with Gasteiger partial charge in [0.05, 0.1) is 35.4 Å². The van der Waals surface area contributed by atoms with Crippen molar-refractivity contribution in [2.24, 2.45) is 0 Å². The smallest absolute Gasteiger partial charge is 0.379 e. The predicted octanol–water partition coefficient (Wildman–Crippen LogP) is 4.09. The summed E-state index contributed by atoms with van der Waals surface area (Å²) in [5, 5.41) is 3.79. The second kappa shape index (κ2) is 12.8. The van der Waals surface area contributed by atoms with Gasteiger partial charge in [-0.15, -0.1) is 0 Å². The van der Waals surface area contributed by atoms with Crippen molar-refractivity contribution in [2.75, 3.05) is 57.4 Å². The van der Waals surface area contributed by atoms with Gasteiger partial charge >= 0.3 is 6.18 Å². The Hall–Kier alpha value is -3.55. The van der Waals surface area contributed by atoms with Gasteiger partial charge in [0.25, 0.3) is 5.91 Å². The highest BCUT2D eigenvalue weighted by Gasteiger charge is 2.35. The van der Waals surface area contributed by atoms with E-state index < -0.39 is 23.9 Å². The van der Waals surface area contributed by atoms with Crippen LogP contribution in [0.15, 0.2) is 36.7 Å². The van der Waals surface area contributed by atoms with E-state index in [9.17, 15) is 22.8 Å². The van der Waals surface area contributed by atoms with Crippen molar-refractivity contribution in [3.05, 3.63) is 58.6 Å². The number of ether oxygens (including phenoxy) is 1. The lowest BCUT2D eigenvalue weighted by Crippen LogP contribution is -2.45. The molecule has 6 rings (SSSR count). The first-order chi connectivity index (χ1) is 21.2. The third-order valence-electron chi connectivity index (χ3n) is 8.62. The summed E-state index contributed by atoms with van der Waals surface area (Å²) in [6, 6.07) is 6.95. The number of pyridine rings is 1. The lowest BCUT2D eigenvalue weighted by atomic mass is 10.0. The van der Waals surface area contributed by atoms with Gasteiger partial charge in [0.1, 0.15) is 5.82 Å². The summed E-state index contributed by atoms with van der Waals surface area (Å²) in [4.78, 5) is 43.9. The average molecular weight is 632 g/mol. The minimum atomic E-state index is -4.65. The van der Waals surface area contributed by atoms with Crippen LogP contribution in [0, 0.1) is 0 Å². The standard InChI is InChI=1S/C30H33ClF3N7O3/c31-22-4-5-23-21(3-6-25(38-23)40-10-7-20(8-11-40)41-9-1-2-26(41)42)27(22)28(43)35-18-24(39-12-14-44-15-13-39)19-16-36-29(37-17-19)30(32,33)34/h3-6,16-17,20,24H,1-2,7-15,18H2,(H,35,43). The van der Waals surface area contributed by atoms with Crippen LogP contribution >= 0.6 is 11.6 Å². The second-order valence-electron chi connectivity index (χ2n) is 11.3. The molecule has 3 saturated heterocycles. The Morgan fingerprint density at radius 3 is 2.43 bits per heavy atom. The summed E-state index contributed by atoms with van der Waals surface area (Å²) in [7, 11) is 0. The number of hydrogen-bond acceptors (Lipinski definition) is 8. The van der Waals surface area contributed by atoms with Crippen LogP contribution in [0.2, 0.25) is 5.02 Å². The second-order valence-corrected chi connectivity index (χ2v) is 11.7. The van der Waals surface area contributed by atoms with Crippen LogP contribution < -0.4 is 10.2 Å². The highest BCUT2D eigenvalue weighted by molar-refractivity contribution is 6.35. The molecule has 14 heteroatoms. The van der Waals surface area contributed by atoms with E-state index in [0.717, 1.165) is 57.1 Å². The summed E-state index contributed by atoms with van der Waals surface area (Å²) in [5.41, 5.74) is 1.35. The first kappa shape index (κ1) is 30.5. The van der Waals surface area contributed by atoms with E-state index in [0.29, 0.717) is 49.2 Å². The molecule has 2 amide bonds. The van der Waals surface area contributed by atoms with E-state index in [1.807, 2.05) is 21.9 Å². The number of likely N-dealkylation sites (tertiary alicyclic amines) is 1. The van der Waals surface area contributed by atoms with Crippen LogP contribution in [-0.2, 0) is 15.7 Å². The molecule has 44 heavy (non-hydrogen) atoms. The molecule has 3 aliphatic heterocycles. The molecule has 3 fully saturated rings. The molecular weight excluding hydrogens is 599 g/mol. The van der Waals surface area contributed by atoms with Gasteiger partial charge < -0.3 is 19.9 Å². The molecule has 5 heterocycles. The van der Waals surface area contributed by atoms with Gasteiger partial charge in [-0.3, -0.25) is 14.5 Å². The Bertz CT molecular complexity index is 1510. The molecule has 0 bridgehead atoms. The molecule has 1 unspecified atom stereocenters. The molecule has 0 saturated carbocycles. The zero-order valence-corrected chi connectivity index (χ0v) is 24.8. The topological polar surface area (TPSA) is 104 Å². The third kappa shape index (κ3) is 6.45. The molecule has 234 valence electrons. The number of carbonyl (C=O) groups excluding carboxylic acids is 2. The number of fused-ring (bicyclic) bond motifs is 1. The van der Waals surface area contributed by atoms with Gasteiger partial charge in [0.2, 0.25) is 11.7 Å². The Kier molecular flexibility index (Phi) is 8.88. The number of rotatable bonds is 7. The van der Waals surface area contributed by atoms with Gasteiger partial charge in [0.15, 0.2) is 0 Å². The van der Waals surface area contributed by atoms with Crippen molar-refractivity contribution in [2.45, 2.75) is 43.9 Å². The molecule has 1 aromatic carbocycles. The van der Waals surface area contributed by atoms with E-state index in [-0.39, 0.29) is 29.1 Å². The van der Waals surface area contributed by atoms with Crippen LogP contribution in [0.25, 0.3) is 10.9 Å². The predicted molar refractivity (Wildman–Crippen MR) is 157 cm³/mol. The normalized spacial score (nSPS) is 19.5. The minimum absolute atomic E-state index is 0.0975. The van der Waals surface area contributed by atoms with E-state index in [4.69, 9.17) is 21.3 Å². The van der Waals surface area contributed by atoms with E-state index >= 15 is 0 Å². The highest BCUT2D eigenvalue weighted by Crippen LogP contribution is 2.31. The minimum Gasteiger partial charge on any atom is -0.379 e. The Balaban J connectivity index is 1.17. The van der Waals surface area contributed by atoms with Crippen molar-refractivity contribution in [1.29, 1.82) is 0 Å². The highest BCUT2D eigenvalue weighted by atomic mass is 35.5. The molecule has 0 aliphatic carbocycles. The molecule has 10 nitrogen and oxygen atoms in total. The number of aromatic nitrogens is 3. The summed E-state index contributed by atoms with van der Waals surface area (Å²) < 4.78 is 44.6. The molecular formula is C30H33ClF3N7O3. The quantitative estimate of drug-likeness (QED) is 0.416. The van der Waals surface area contributed by atoms with Crippen LogP contribution in [0.3, 0.4) is 0 Å². The summed E-state index contributed by atoms with van der Waals surface area (Å²) in [5.74, 6) is -0.588. The van der Waals surface area contributed by atoms with Gasteiger partial charge in [-0.1, -0.05) is 11.6 Å². The maximum absolute atomic E-state index is 13.6. The van der Waals surface area contributed by atoms with Crippen LogP contribution in [0.5, 0.6) is 0 Å². The number of amides is 2. The molecule has 1 N–H and O–H groups in total. The first-order valence-corrected chi connectivity index (χ1v) is 15.2. The van der Waals surface area contributed by atoms with Crippen LogP contribution in [0.4, 0.5) is 19.0 Å². The Labute approximate surface area is 257 Å². The Morgan fingerprint density at radius 2 is 1.77 bits per heavy atom. The number of hydrogen-bond donors (Lipinski definition) is 1. The number of morpholine rings is 1. The molecule has 2 aromatic heterocycles. The van der Waals surface area contributed by atoms with E-state index in [2.05, 4.69) is 20.2 Å². The van der Waals surface area contributed by atoms with Crippen LogP contribution in [-0.4, -0.2) is 95.1 Å². The van der Waals surface area contributed by atoms with E-state index in [1.54, 1.807) is 12.1 Å². The van der Waals surface area contributed by atoms with Crippen LogP contribution in [0.1, 0.15) is 53.5 Å². The molecule has 0 radical (unpaired) electrons. The monoisotopic (exact) mass is 631 g/mol. The van der Waals surface area contributed by atoms with Crippen molar-refractivity contribution in [1.82, 2.24) is 30.1 Å². The molecule has 1 atom stereocenters. The van der Waals surface area contributed by atoms with Crippen molar-refractivity contribution in [3.63, 3.8) is 0 Å². The van der Waals surface area contributed by atoms with Gasteiger partial charge in [-0.25, -0.2) is 15.0 Å². The number of alkyl halides is 3. The Morgan fingerprint density at radius 1 is 1.05 bits per heavy atom. The zero-order valence-electron chi connectivity index (χ0n) is 24.0. The summed E-state index contributed by atoms with van der Waals surface area (Å²) in [6.07, 6.45) is 1.00. The third-order valence-corrected chi connectivity index (χ3v) is 8.94. The van der Waals surface area contributed by atoms with Gasteiger partial charge in [-0.2, -0.15) is 13.2 Å². The zero-order chi connectivity index (χ0) is 30.8. The number of halogens is 4. The number of anilines is 1. The number of nitrogens with one attached hydrogen (secondary N) is 1. The molecule has 3 aliphatic rings. The fraction of sp³-hybridized carbons (Fsp3) is 0.500. The lowest BCUT2D eigenvalue weighted by Gasteiger charge is -2.37. The first-order valence-electron chi connectivity index (χ1n) is 14.8. The maximum atomic E-state index is 13.6. The fourth-order valence-electron chi connectivity index (χ4n) is 6.32. The van der Waals surface area contributed by atoms with E-state index in [1.165, 1.54) is 0 Å². The number of carbonyl (C=O) groups is 2. The average Bonchev–Trinajstić information content (AvgIpc) is 3.47. The lowest BCUT2D eigenvalue weighted by molar-refractivity contribution is -0.145. The SMILES string of the molecule is O=C(NCC(c1cnc(C(F)(F)F)nc1)N1CCOCC1)c1c(Cl)ccc2nc(N3CCC(N4CCCC4=O)CC3)ccc12. The van der Waals surface area contributed by atoms with Gasteiger partial charge in [0, 0.05) is 75.1 Å². The summed E-state index contributed by atoms with van der Waals surface area (Å²) in [6.45, 7) is 4.50. The number of piperidine rings is 1. The largest absolute Gasteiger partial charge is 0.451 e. The van der Waals surface area contributed by atoms with Crippen molar-refractivity contribution < 1.29 is 27.5 Å². The molecule has 3 aromatic rings. The molecule has 0 spiro atoms. The number of nitrogens with zero attached hydrogens (tertiary/aromatic N) is 6. The fourth-order valence-corrected chi connectivity index (χ4v) is 6.57. The van der Waals surface area contributed by atoms with Crippen molar-refractivity contribution in [3.8, 4) is 0 Å². The van der Waals surface area contributed by atoms with Crippen molar-refractivity contribution >= 4 is 40.1 Å². The maximum Gasteiger partial charge on any atom is 0.451 e.